The number of carbonyl (C=O) groups is 2. The van der Waals surface area contributed by atoms with E-state index in [-0.39, 0.29) is 24.3 Å². The molecule has 1 saturated carbocycles. The fourth-order valence-corrected chi connectivity index (χ4v) is 5.11. The van der Waals surface area contributed by atoms with Crippen molar-refractivity contribution in [3.8, 4) is 0 Å². The van der Waals surface area contributed by atoms with Crippen LogP contribution < -0.4 is 0 Å². The Hall–Kier alpha value is -2.32. The zero-order valence-electron chi connectivity index (χ0n) is 21.7. The maximum Gasteiger partial charge on any atom is 0.410 e. The van der Waals surface area contributed by atoms with Gasteiger partial charge in [0.15, 0.2) is 0 Å². The zero-order valence-corrected chi connectivity index (χ0v) is 21.7. The lowest BCUT2D eigenvalue weighted by molar-refractivity contribution is -0.109. The van der Waals surface area contributed by atoms with E-state index in [1.54, 1.807) is 4.90 Å². The molecule has 0 radical (unpaired) electrons. The predicted molar refractivity (Wildman–Crippen MR) is 133 cm³/mol. The number of likely N-dealkylation sites (tertiary alicyclic amines) is 1. The molecule has 0 spiro atoms. The van der Waals surface area contributed by atoms with Crippen LogP contribution >= 0.6 is 0 Å². The monoisotopic (exact) mass is 487 g/mol. The average Bonchev–Trinajstić information content (AvgIpc) is 2.79. The van der Waals surface area contributed by atoms with Gasteiger partial charge >= 0.3 is 12.2 Å². The maximum absolute atomic E-state index is 12.6. The highest BCUT2D eigenvalue weighted by Gasteiger charge is 2.40. The molecule has 2 heterocycles. The number of carbonyl (C=O) groups excluding carboxylic acids is 2. The lowest BCUT2D eigenvalue weighted by Crippen LogP contribution is -2.60. The van der Waals surface area contributed by atoms with Gasteiger partial charge in [-0.2, -0.15) is 0 Å². The van der Waals surface area contributed by atoms with Gasteiger partial charge in [0, 0.05) is 44.8 Å². The molecule has 2 amide bonds. The third-order valence-corrected chi connectivity index (χ3v) is 7.16. The van der Waals surface area contributed by atoms with Gasteiger partial charge in [0.05, 0.1) is 12.2 Å². The molecule has 1 aliphatic carbocycles. The highest BCUT2D eigenvalue weighted by Crippen LogP contribution is 2.32. The van der Waals surface area contributed by atoms with Crippen molar-refractivity contribution in [3.05, 3.63) is 35.9 Å². The summed E-state index contributed by atoms with van der Waals surface area (Å²) in [6.45, 7) is 11.9. The van der Waals surface area contributed by atoms with Gasteiger partial charge in [-0.15, -0.1) is 0 Å². The Kier molecular flexibility index (Phi) is 8.22. The molecule has 1 atom stereocenters. The first-order chi connectivity index (χ1) is 16.7. The van der Waals surface area contributed by atoms with Gasteiger partial charge in [-0.05, 0) is 58.9 Å². The molecule has 1 aromatic rings. The van der Waals surface area contributed by atoms with Crippen molar-refractivity contribution in [2.24, 2.45) is 0 Å². The predicted octanol–water partition coefficient (Wildman–Crippen LogP) is 4.28. The quantitative estimate of drug-likeness (QED) is 0.618. The standard InChI is InChI=1S/C27H41N3O5/c1-20-18-29(14-15-30(20)26(32)33-19-21-8-6-5-7-9-21)22-16-24(17-22)34-23-10-12-28(13-11-23)25(31)35-27(2,3)4/h5-9,20,22-24H,10-19H2,1-4H3/t20-,22?,24?/m1/s1. The minimum Gasteiger partial charge on any atom is -0.445 e. The third-order valence-electron chi connectivity index (χ3n) is 7.16. The lowest BCUT2D eigenvalue weighted by Gasteiger charge is -2.49. The molecule has 8 nitrogen and oxygen atoms in total. The Bertz CT molecular complexity index is 844. The summed E-state index contributed by atoms with van der Waals surface area (Å²) < 4.78 is 17.4. The first-order valence-corrected chi connectivity index (χ1v) is 13.0. The normalized spacial score (nSPS) is 26.2. The number of piperazine rings is 1. The number of amides is 2. The fraction of sp³-hybridized carbons (Fsp3) is 0.704. The Balaban J connectivity index is 1.12. The van der Waals surface area contributed by atoms with E-state index >= 15 is 0 Å². The van der Waals surface area contributed by atoms with Gasteiger partial charge < -0.3 is 24.0 Å². The summed E-state index contributed by atoms with van der Waals surface area (Å²) in [5, 5.41) is 0. The molecule has 3 aliphatic rings. The molecule has 0 bridgehead atoms. The van der Waals surface area contributed by atoms with Crippen molar-refractivity contribution in [2.45, 2.75) is 89.9 Å². The van der Waals surface area contributed by atoms with E-state index in [1.165, 1.54) is 0 Å². The summed E-state index contributed by atoms with van der Waals surface area (Å²) >= 11 is 0. The second-order valence-corrected chi connectivity index (χ2v) is 11.1. The minimum atomic E-state index is -0.461. The Morgan fingerprint density at radius 2 is 1.63 bits per heavy atom. The number of ether oxygens (including phenoxy) is 3. The van der Waals surface area contributed by atoms with Crippen molar-refractivity contribution in [2.75, 3.05) is 32.7 Å². The molecule has 35 heavy (non-hydrogen) atoms. The van der Waals surface area contributed by atoms with E-state index in [9.17, 15) is 9.59 Å². The van der Waals surface area contributed by atoms with Crippen molar-refractivity contribution in [3.63, 3.8) is 0 Å². The smallest absolute Gasteiger partial charge is 0.410 e. The number of rotatable bonds is 5. The summed E-state index contributed by atoms with van der Waals surface area (Å²) in [5.41, 5.74) is 0.541. The summed E-state index contributed by atoms with van der Waals surface area (Å²) in [6.07, 6.45) is 3.86. The number of benzene rings is 1. The molecule has 0 aromatic heterocycles. The van der Waals surface area contributed by atoms with E-state index in [4.69, 9.17) is 14.2 Å². The second-order valence-electron chi connectivity index (χ2n) is 11.1. The Morgan fingerprint density at radius 1 is 0.943 bits per heavy atom. The van der Waals surface area contributed by atoms with Gasteiger partial charge in [0.25, 0.3) is 0 Å². The lowest BCUT2D eigenvalue weighted by atomic mass is 9.86. The highest BCUT2D eigenvalue weighted by atomic mass is 16.6. The zero-order chi connectivity index (χ0) is 25.0. The minimum absolute atomic E-state index is 0.129. The fourth-order valence-electron chi connectivity index (χ4n) is 5.11. The van der Waals surface area contributed by atoms with Gasteiger partial charge in [-0.1, -0.05) is 30.3 Å². The van der Waals surface area contributed by atoms with Crippen LogP contribution in [0.3, 0.4) is 0 Å². The molecule has 2 aliphatic heterocycles. The van der Waals surface area contributed by atoms with E-state index in [0.717, 1.165) is 44.3 Å². The molecule has 2 saturated heterocycles. The number of nitrogens with zero attached hydrogens (tertiary/aromatic N) is 3. The van der Waals surface area contributed by atoms with Crippen LogP contribution in [-0.4, -0.2) is 89.5 Å². The first kappa shape index (κ1) is 25.8. The molecule has 3 fully saturated rings. The Morgan fingerprint density at radius 3 is 2.26 bits per heavy atom. The molecular formula is C27H41N3O5. The highest BCUT2D eigenvalue weighted by molar-refractivity contribution is 5.68. The summed E-state index contributed by atoms with van der Waals surface area (Å²) in [6, 6.07) is 10.4. The van der Waals surface area contributed by atoms with Crippen LogP contribution in [0.25, 0.3) is 0 Å². The molecule has 8 heteroatoms. The van der Waals surface area contributed by atoms with Crippen LogP contribution in [0.15, 0.2) is 30.3 Å². The van der Waals surface area contributed by atoms with Crippen LogP contribution in [-0.2, 0) is 20.8 Å². The van der Waals surface area contributed by atoms with Crippen molar-refractivity contribution in [1.29, 1.82) is 0 Å². The van der Waals surface area contributed by atoms with Crippen molar-refractivity contribution < 1.29 is 23.8 Å². The largest absolute Gasteiger partial charge is 0.445 e. The molecule has 4 rings (SSSR count). The topological polar surface area (TPSA) is 71.6 Å². The number of piperidine rings is 1. The molecule has 0 unspecified atom stereocenters. The van der Waals surface area contributed by atoms with Gasteiger partial charge in [-0.25, -0.2) is 9.59 Å². The molecule has 0 N–H and O–H groups in total. The van der Waals surface area contributed by atoms with Gasteiger partial charge in [0.1, 0.15) is 12.2 Å². The van der Waals surface area contributed by atoms with Crippen molar-refractivity contribution >= 4 is 12.2 Å². The van der Waals surface area contributed by atoms with Crippen LogP contribution in [0.4, 0.5) is 9.59 Å². The second kappa shape index (κ2) is 11.2. The molecule has 194 valence electrons. The summed E-state index contributed by atoms with van der Waals surface area (Å²) in [5.74, 6) is 0. The van der Waals surface area contributed by atoms with Crippen molar-refractivity contribution in [1.82, 2.24) is 14.7 Å². The van der Waals surface area contributed by atoms with Crippen LogP contribution in [0.1, 0.15) is 58.9 Å². The Labute approximate surface area is 209 Å². The third kappa shape index (κ3) is 7.10. The van der Waals surface area contributed by atoms with Crippen LogP contribution in [0.2, 0.25) is 0 Å². The van der Waals surface area contributed by atoms with Crippen LogP contribution in [0.5, 0.6) is 0 Å². The van der Waals surface area contributed by atoms with E-state index < -0.39 is 5.60 Å². The SMILES string of the molecule is C[C@@H]1CN(C2CC(OC3CCN(C(=O)OC(C)(C)C)CC3)C2)CCN1C(=O)OCc1ccccc1. The summed E-state index contributed by atoms with van der Waals surface area (Å²) in [4.78, 5) is 31.0. The van der Waals surface area contributed by atoms with E-state index in [2.05, 4.69) is 11.8 Å². The molecule has 1 aromatic carbocycles. The van der Waals surface area contributed by atoms with E-state index in [1.807, 2.05) is 56.0 Å². The molecular weight excluding hydrogens is 446 g/mol. The number of hydrogen-bond acceptors (Lipinski definition) is 6. The van der Waals surface area contributed by atoms with Crippen LogP contribution in [0, 0.1) is 0 Å². The van der Waals surface area contributed by atoms with E-state index in [0.29, 0.717) is 38.4 Å². The maximum atomic E-state index is 12.6. The number of hydrogen-bond donors (Lipinski definition) is 0. The van der Waals surface area contributed by atoms with Gasteiger partial charge in [-0.3, -0.25) is 4.90 Å². The first-order valence-electron chi connectivity index (χ1n) is 13.0. The van der Waals surface area contributed by atoms with Gasteiger partial charge in [0.2, 0.25) is 0 Å². The average molecular weight is 488 g/mol. The summed E-state index contributed by atoms with van der Waals surface area (Å²) in [7, 11) is 0.